The van der Waals surface area contributed by atoms with E-state index in [4.69, 9.17) is 9.47 Å². The maximum atomic E-state index is 14.3. The molecule has 0 bridgehead atoms. The van der Waals surface area contributed by atoms with Crippen molar-refractivity contribution in [1.82, 2.24) is 10.2 Å². The van der Waals surface area contributed by atoms with Crippen molar-refractivity contribution in [1.29, 1.82) is 0 Å². The van der Waals surface area contributed by atoms with E-state index in [9.17, 15) is 18.0 Å². The Morgan fingerprint density at radius 3 is 2.00 bits per heavy atom. The van der Waals surface area contributed by atoms with Crippen molar-refractivity contribution in [3.05, 3.63) is 83.4 Å². The monoisotopic (exact) mass is 609 g/mol. The van der Waals surface area contributed by atoms with Gasteiger partial charge in [0.05, 0.1) is 24.8 Å². The highest BCUT2D eigenvalue weighted by atomic mass is 32.2. The average Bonchev–Trinajstić information content (AvgIpc) is 3.00. The van der Waals surface area contributed by atoms with Gasteiger partial charge in [0.25, 0.3) is 10.0 Å². The second kappa shape index (κ2) is 14.9. The van der Waals surface area contributed by atoms with Crippen LogP contribution < -0.4 is 19.1 Å². The van der Waals surface area contributed by atoms with Crippen LogP contribution in [0.3, 0.4) is 0 Å². The molecule has 0 aliphatic rings. The summed E-state index contributed by atoms with van der Waals surface area (Å²) in [4.78, 5) is 29.2. The Kier molecular flexibility index (Phi) is 11.6. The summed E-state index contributed by atoms with van der Waals surface area (Å²) in [7, 11) is -1.36. The number of nitrogens with one attached hydrogen (secondary N) is 1. The largest absolute Gasteiger partial charge is 0.497 e. The molecule has 0 radical (unpaired) electrons. The van der Waals surface area contributed by atoms with Crippen molar-refractivity contribution in [2.75, 3.05) is 25.1 Å². The molecule has 0 aliphatic heterocycles. The molecule has 232 valence electrons. The Morgan fingerprint density at radius 2 is 1.47 bits per heavy atom. The number of rotatable bonds is 14. The number of sulfonamides is 1. The lowest BCUT2D eigenvalue weighted by atomic mass is 10.1. The first-order valence-corrected chi connectivity index (χ1v) is 15.9. The highest BCUT2D eigenvalue weighted by Crippen LogP contribution is 2.36. The number of hydrogen-bond donors (Lipinski definition) is 1. The zero-order valence-corrected chi connectivity index (χ0v) is 26.9. The Labute approximate surface area is 255 Å². The third kappa shape index (κ3) is 8.28. The molecular formula is C33H43N3O6S. The van der Waals surface area contributed by atoms with Crippen LogP contribution in [-0.4, -0.2) is 58.0 Å². The third-order valence-electron chi connectivity index (χ3n) is 7.40. The van der Waals surface area contributed by atoms with E-state index >= 15 is 0 Å². The molecule has 0 heterocycles. The molecule has 0 spiro atoms. The number of amides is 2. The molecule has 0 saturated heterocycles. The van der Waals surface area contributed by atoms with Gasteiger partial charge in [-0.3, -0.25) is 13.9 Å². The van der Waals surface area contributed by atoms with Gasteiger partial charge in [-0.25, -0.2) is 8.42 Å². The number of anilines is 1. The fourth-order valence-electron chi connectivity index (χ4n) is 4.59. The maximum absolute atomic E-state index is 14.3. The average molecular weight is 610 g/mol. The normalized spacial score (nSPS) is 12.6. The van der Waals surface area contributed by atoms with Gasteiger partial charge in [-0.2, -0.15) is 0 Å². The van der Waals surface area contributed by atoms with Gasteiger partial charge < -0.3 is 19.7 Å². The molecular weight excluding hydrogens is 566 g/mol. The molecule has 0 saturated carbocycles. The number of carbonyl (C=O) groups excluding carboxylic acids is 2. The minimum Gasteiger partial charge on any atom is -0.497 e. The van der Waals surface area contributed by atoms with Gasteiger partial charge in [-0.1, -0.05) is 61.4 Å². The van der Waals surface area contributed by atoms with Crippen molar-refractivity contribution >= 4 is 27.5 Å². The summed E-state index contributed by atoms with van der Waals surface area (Å²) in [5.74, 6) is -0.185. The Bertz CT molecular complexity index is 1490. The smallest absolute Gasteiger partial charge is 0.264 e. The first-order valence-electron chi connectivity index (χ1n) is 14.4. The van der Waals surface area contributed by atoms with E-state index in [-0.39, 0.29) is 34.8 Å². The standard InChI is InChI=1S/C33H43N3O6S/c1-8-25(5)34-33(38)29(9-2)35(21-26-14-10-23(3)11-15-26)32(37)22-36(30-20-27(41-6)16-19-31(30)42-7)43(39,40)28-17-12-24(4)13-18-28/h10-20,25,29H,8-9,21-22H2,1-7H3,(H,34,38). The number of nitrogens with zero attached hydrogens (tertiary/aromatic N) is 2. The van der Waals surface area contributed by atoms with E-state index in [1.807, 2.05) is 58.9 Å². The number of methoxy groups -OCH3 is 2. The number of hydrogen-bond acceptors (Lipinski definition) is 6. The second-order valence-electron chi connectivity index (χ2n) is 10.6. The van der Waals surface area contributed by atoms with E-state index in [1.54, 1.807) is 24.3 Å². The molecule has 0 aromatic heterocycles. The molecule has 1 N–H and O–H groups in total. The van der Waals surface area contributed by atoms with Crippen molar-refractivity contribution < 1.29 is 27.5 Å². The van der Waals surface area contributed by atoms with Crippen LogP contribution in [0.4, 0.5) is 5.69 Å². The SMILES string of the molecule is CCC(C)NC(=O)C(CC)N(Cc1ccc(C)cc1)C(=O)CN(c1cc(OC)ccc1OC)S(=O)(=O)c1ccc(C)cc1. The minimum absolute atomic E-state index is 0.0161. The van der Waals surface area contributed by atoms with Gasteiger partial charge in [-0.05, 0) is 63.4 Å². The zero-order valence-electron chi connectivity index (χ0n) is 26.1. The maximum Gasteiger partial charge on any atom is 0.264 e. The van der Waals surface area contributed by atoms with Crippen LogP contribution in [0.25, 0.3) is 0 Å². The molecule has 0 fully saturated rings. The Hall–Kier alpha value is -4.05. The molecule has 3 aromatic carbocycles. The van der Waals surface area contributed by atoms with Gasteiger partial charge in [0.1, 0.15) is 24.1 Å². The summed E-state index contributed by atoms with van der Waals surface area (Å²) in [5.41, 5.74) is 2.91. The molecule has 2 atom stereocenters. The van der Waals surface area contributed by atoms with E-state index < -0.39 is 28.5 Å². The fraction of sp³-hybridized carbons (Fsp3) is 0.394. The summed E-state index contributed by atoms with van der Waals surface area (Å²) in [5, 5.41) is 2.99. The minimum atomic E-state index is -4.26. The van der Waals surface area contributed by atoms with Crippen molar-refractivity contribution in [2.45, 2.75) is 71.0 Å². The van der Waals surface area contributed by atoms with Crippen LogP contribution in [-0.2, 0) is 26.2 Å². The van der Waals surface area contributed by atoms with Gasteiger partial charge in [0.2, 0.25) is 11.8 Å². The van der Waals surface area contributed by atoms with E-state index in [0.717, 1.165) is 27.4 Å². The van der Waals surface area contributed by atoms with E-state index in [2.05, 4.69) is 5.32 Å². The van der Waals surface area contributed by atoms with Crippen LogP contribution in [0.5, 0.6) is 11.5 Å². The van der Waals surface area contributed by atoms with Crippen LogP contribution in [0.15, 0.2) is 71.6 Å². The van der Waals surface area contributed by atoms with Crippen LogP contribution >= 0.6 is 0 Å². The molecule has 9 nitrogen and oxygen atoms in total. The van der Waals surface area contributed by atoms with Crippen LogP contribution in [0.2, 0.25) is 0 Å². The third-order valence-corrected chi connectivity index (χ3v) is 9.18. The number of aryl methyl sites for hydroxylation is 2. The molecule has 3 aromatic rings. The predicted molar refractivity (Wildman–Crippen MR) is 169 cm³/mol. The summed E-state index contributed by atoms with van der Waals surface area (Å²) in [6.07, 6.45) is 1.07. The highest BCUT2D eigenvalue weighted by molar-refractivity contribution is 7.92. The van der Waals surface area contributed by atoms with Gasteiger partial charge >= 0.3 is 0 Å². The van der Waals surface area contributed by atoms with Gasteiger partial charge in [0.15, 0.2) is 0 Å². The van der Waals surface area contributed by atoms with Crippen LogP contribution in [0.1, 0.15) is 50.3 Å². The molecule has 3 rings (SSSR count). The Balaban J connectivity index is 2.14. The second-order valence-corrected chi connectivity index (χ2v) is 12.5. The number of carbonyl (C=O) groups is 2. The number of benzene rings is 3. The lowest BCUT2D eigenvalue weighted by Gasteiger charge is -2.34. The van der Waals surface area contributed by atoms with E-state index in [0.29, 0.717) is 12.2 Å². The molecule has 0 aliphatic carbocycles. The van der Waals surface area contributed by atoms with Crippen molar-refractivity contribution in [2.24, 2.45) is 0 Å². The summed E-state index contributed by atoms with van der Waals surface area (Å²) in [6.45, 7) is 9.09. The lowest BCUT2D eigenvalue weighted by molar-refractivity contribution is -0.140. The quantitative estimate of drug-likeness (QED) is 0.268. The topological polar surface area (TPSA) is 105 Å². The molecule has 2 amide bonds. The molecule has 43 heavy (non-hydrogen) atoms. The first kappa shape index (κ1) is 33.5. The van der Waals surface area contributed by atoms with Gasteiger partial charge in [0, 0.05) is 18.7 Å². The van der Waals surface area contributed by atoms with Crippen LogP contribution in [0, 0.1) is 13.8 Å². The summed E-state index contributed by atoms with van der Waals surface area (Å²) >= 11 is 0. The molecule has 10 heteroatoms. The predicted octanol–water partition coefficient (Wildman–Crippen LogP) is 5.24. The first-order chi connectivity index (χ1) is 20.4. The van der Waals surface area contributed by atoms with Gasteiger partial charge in [-0.15, -0.1) is 0 Å². The van der Waals surface area contributed by atoms with Crippen molar-refractivity contribution in [3.8, 4) is 11.5 Å². The zero-order chi connectivity index (χ0) is 31.7. The Morgan fingerprint density at radius 1 is 0.860 bits per heavy atom. The van der Waals surface area contributed by atoms with Crippen molar-refractivity contribution in [3.63, 3.8) is 0 Å². The lowest BCUT2D eigenvalue weighted by Crippen LogP contribution is -2.53. The summed E-state index contributed by atoms with van der Waals surface area (Å²) < 4.78 is 40.4. The highest BCUT2D eigenvalue weighted by Gasteiger charge is 2.35. The number of ether oxygens (including phenoxy) is 2. The fourth-order valence-corrected chi connectivity index (χ4v) is 6.01. The summed E-state index contributed by atoms with van der Waals surface area (Å²) in [6, 6.07) is 18.0. The molecule has 2 unspecified atom stereocenters. The van der Waals surface area contributed by atoms with E-state index in [1.165, 1.54) is 37.3 Å².